The van der Waals surface area contributed by atoms with Crippen molar-refractivity contribution in [2.45, 2.75) is 44.3 Å². The second kappa shape index (κ2) is 4.72. The maximum Gasteiger partial charge on any atom is 0.253 e. The van der Waals surface area contributed by atoms with Gasteiger partial charge in [-0.1, -0.05) is 0 Å². The fourth-order valence-corrected chi connectivity index (χ4v) is 1.40. The Hall–Kier alpha value is -0.220. The normalized spacial score (nSPS) is 27.5. The highest BCUT2D eigenvalue weighted by Crippen LogP contribution is 2.18. The lowest BCUT2D eigenvalue weighted by Gasteiger charge is -2.24. The molecule has 0 aromatic carbocycles. The number of ether oxygens (including phenoxy) is 1. The van der Waals surface area contributed by atoms with Gasteiger partial charge >= 0.3 is 0 Å². The summed E-state index contributed by atoms with van der Waals surface area (Å²) in [6.45, 7) is 0.695. The molecule has 0 aromatic heterocycles. The standard InChI is InChI=1S/C8H15F2NO/c9-8(10)7(11)5-6-3-1-2-4-12-6/h6-8H,1-5,11H2. The lowest BCUT2D eigenvalue weighted by atomic mass is 10.0. The van der Waals surface area contributed by atoms with E-state index < -0.39 is 12.5 Å². The summed E-state index contributed by atoms with van der Waals surface area (Å²) in [5.41, 5.74) is 5.22. The van der Waals surface area contributed by atoms with Crippen molar-refractivity contribution in [3.05, 3.63) is 0 Å². The summed E-state index contributed by atoms with van der Waals surface area (Å²) < 4.78 is 29.3. The zero-order valence-corrected chi connectivity index (χ0v) is 7.01. The van der Waals surface area contributed by atoms with Crippen LogP contribution >= 0.6 is 0 Å². The van der Waals surface area contributed by atoms with Gasteiger partial charge in [0.05, 0.1) is 12.1 Å². The van der Waals surface area contributed by atoms with Crippen LogP contribution in [0.2, 0.25) is 0 Å². The number of nitrogens with two attached hydrogens (primary N) is 1. The first kappa shape index (κ1) is 9.86. The molecule has 4 heteroatoms. The number of rotatable bonds is 3. The fourth-order valence-electron chi connectivity index (χ4n) is 1.40. The van der Waals surface area contributed by atoms with Crippen LogP contribution < -0.4 is 5.73 Å². The molecule has 2 N–H and O–H groups in total. The number of alkyl halides is 2. The minimum atomic E-state index is -2.42. The van der Waals surface area contributed by atoms with E-state index >= 15 is 0 Å². The molecule has 0 aromatic rings. The van der Waals surface area contributed by atoms with E-state index in [0.29, 0.717) is 6.61 Å². The third-order valence-electron chi connectivity index (χ3n) is 2.13. The van der Waals surface area contributed by atoms with Gasteiger partial charge < -0.3 is 10.5 Å². The molecule has 0 spiro atoms. The second-order valence-corrected chi connectivity index (χ2v) is 3.22. The molecule has 1 aliphatic heterocycles. The zero-order chi connectivity index (χ0) is 8.97. The van der Waals surface area contributed by atoms with Crippen molar-refractivity contribution in [1.29, 1.82) is 0 Å². The molecule has 1 saturated heterocycles. The van der Waals surface area contributed by atoms with E-state index in [9.17, 15) is 8.78 Å². The van der Waals surface area contributed by atoms with Crippen LogP contribution in [0.5, 0.6) is 0 Å². The van der Waals surface area contributed by atoms with Gasteiger partial charge in [-0.3, -0.25) is 0 Å². The zero-order valence-electron chi connectivity index (χ0n) is 7.01. The van der Waals surface area contributed by atoms with Gasteiger partial charge in [-0.15, -0.1) is 0 Å². The Labute approximate surface area is 71.1 Å². The van der Waals surface area contributed by atoms with Gasteiger partial charge in [-0.25, -0.2) is 8.78 Å². The second-order valence-electron chi connectivity index (χ2n) is 3.22. The van der Waals surface area contributed by atoms with E-state index in [1.54, 1.807) is 0 Å². The maximum absolute atomic E-state index is 12.0. The van der Waals surface area contributed by atoms with E-state index in [1.165, 1.54) is 0 Å². The molecule has 2 unspecified atom stereocenters. The van der Waals surface area contributed by atoms with Gasteiger partial charge in [0.15, 0.2) is 0 Å². The lowest BCUT2D eigenvalue weighted by Crippen LogP contribution is -2.35. The average Bonchev–Trinajstić information content (AvgIpc) is 2.06. The summed E-state index contributed by atoms with van der Waals surface area (Å²) in [4.78, 5) is 0. The van der Waals surface area contributed by atoms with E-state index in [1.807, 2.05) is 0 Å². The molecule has 0 saturated carbocycles. The van der Waals surface area contributed by atoms with Crippen molar-refractivity contribution in [1.82, 2.24) is 0 Å². The van der Waals surface area contributed by atoms with Crippen LogP contribution in [0.3, 0.4) is 0 Å². The Bertz CT molecular complexity index is 126. The first-order valence-corrected chi connectivity index (χ1v) is 4.35. The van der Waals surface area contributed by atoms with Crippen molar-refractivity contribution < 1.29 is 13.5 Å². The van der Waals surface area contributed by atoms with E-state index in [0.717, 1.165) is 19.3 Å². The molecule has 0 radical (unpaired) electrons. The summed E-state index contributed by atoms with van der Waals surface area (Å²) in [6.07, 6.45) is 0.817. The highest BCUT2D eigenvalue weighted by atomic mass is 19.3. The first-order chi connectivity index (χ1) is 5.70. The van der Waals surface area contributed by atoms with Crippen LogP contribution in [0.25, 0.3) is 0 Å². The minimum Gasteiger partial charge on any atom is -0.378 e. The van der Waals surface area contributed by atoms with Crippen LogP contribution in [-0.2, 0) is 4.74 Å². The highest BCUT2D eigenvalue weighted by molar-refractivity contribution is 4.72. The molecular weight excluding hydrogens is 164 g/mol. The predicted molar refractivity (Wildman–Crippen MR) is 42.2 cm³/mol. The Balaban J connectivity index is 2.20. The van der Waals surface area contributed by atoms with Crippen LogP contribution in [0.1, 0.15) is 25.7 Å². The minimum absolute atomic E-state index is 0.0391. The summed E-state index contributed by atoms with van der Waals surface area (Å²) in [6, 6.07) is -1.02. The van der Waals surface area contributed by atoms with Crippen LogP contribution in [0, 0.1) is 0 Å². The average molecular weight is 179 g/mol. The summed E-state index contributed by atoms with van der Waals surface area (Å²) in [7, 11) is 0. The molecule has 72 valence electrons. The molecule has 2 nitrogen and oxygen atoms in total. The Morgan fingerprint density at radius 1 is 1.42 bits per heavy atom. The van der Waals surface area contributed by atoms with Crippen molar-refractivity contribution in [3.8, 4) is 0 Å². The third-order valence-corrected chi connectivity index (χ3v) is 2.13. The SMILES string of the molecule is NC(CC1CCCCO1)C(F)F. The van der Waals surface area contributed by atoms with Crippen LogP contribution in [0.4, 0.5) is 8.78 Å². The Morgan fingerprint density at radius 2 is 2.17 bits per heavy atom. The van der Waals surface area contributed by atoms with E-state index in [-0.39, 0.29) is 12.5 Å². The van der Waals surface area contributed by atoms with Crippen LogP contribution in [0.15, 0.2) is 0 Å². The smallest absolute Gasteiger partial charge is 0.253 e. The van der Waals surface area contributed by atoms with Gasteiger partial charge in [-0.05, 0) is 25.7 Å². The van der Waals surface area contributed by atoms with Gasteiger partial charge in [0.2, 0.25) is 0 Å². The van der Waals surface area contributed by atoms with Crippen molar-refractivity contribution in [3.63, 3.8) is 0 Å². The molecule has 1 heterocycles. The maximum atomic E-state index is 12.0. The largest absolute Gasteiger partial charge is 0.378 e. The quantitative estimate of drug-likeness (QED) is 0.713. The summed E-state index contributed by atoms with van der Waals surface area (Å²) in [5.74, 6) is 0. The van der Waals surface area contributed by atoms with Crippen molar-refractivity contribution in [2.24, 2.45) is 5.73 Å². The van der Waals surface area contributed by atoms with Crippen LogP contribution in [-0.4, -0.2) is 25.2 Å². The number of hydrogen-bond acceptors (Lipinski definition) is 2. The first-order valence-electron chi connectivity index (χ1n) is 4.35. The third kappa shape index (κ3) is 3.03. The molecule has 0 aliphatic carbocycles. The topological polar surface area (TPSA) is 35.2 Å². The number of halogens is 2. The number of hydrogen-bond donors (Lipinski definition) is 1. The Kier molecular flexibility index (Phi) is 3.88. The van der Waals surface area contributed by atoms with E-state index in [2.05, 4.69) is 0 Å². The molecule has 2 atom stereocenters. The summed E-state index contributed by atoms with van der Waals surface area (Å²) in [5, 5.41) is 0. The lowest BCUT2D eigenvalue weighted by molar-refractivity contribution is -0.00734. The molecule has 1 rings (SSSR count). The molecular formula is C8H15F2NO. The van der Waals surface area contributed by atoms with Gasteiger partial charge in [0.1, 0.15) is 0 Å². The molecule has 1 aliphatic rings. The van der Waals surface area contributed by atoms with Gasteiger partial charge in [0.25, 0.3) is 6.43 Å². The highest BCUT2D eigenvalue weighted by Gasteiger charge is 2.22. The molecule has 0 amide bonds. The fraction of sp³-hybridized carbons (Fsp3) is 1.00. The monoisotopic (exact) mass is 179 g/mol. The van der Waals surface area contributed by atoms with Crippen molar-refractivity contribution >= 4 is 0 Å². The predicted octanol–water partition coefficient (Wildman–Crippen LogP) is 1.54. The van der Waals surface area contributed by atoms with Gasteiger partial charge in [0, 0.05) is 6.61 Å². The van der Waals surface area contributed by atoms with Crippen molar-refractivity contribution in [2.75, 3.05) is 6.61 Å². The Morgan fingerprint density at radius 3 is 2.67 bits per heavy atom. The molecule has 12 heavy (non-hydrogen) atoms. The molecule has 1 fully saturated rings. The summed E-state index contributed by atoms with van der Waals surface area (Å²) >= 11 is 0. The van der Waals surface area contributed by atoms with E-state index in [4.69, 9.17) is 10.5 Å². The van der Waals surface area contributed by atoms with Gasteiger partial charge in [-0.2, -0.15) is 0 Å². The molecule has 0 bridgehead atoms.